The lowest BCUT2D eigenvalue weighted by atomic mass is 10.1. The molecule has 3 nitrogen and oxygen atoms in total. The van der Waals surface area contributed by atoms with Crippen LogP contribution < -0.4 is 5.32 Å². The Morgan fingerprint density at radius 1 is 1.11 bits per heavy atom. The number of H-pyrrole nitrogens is 1. The van der Waals surface area contributed by atoms with Crippen LogP contribution in [0.4, 0.5) is 0 Å². The minimum absolute atomic E-state index is 0.381. The molecule has 0 spiro atoms. The van der Waals surface area contributed by atoms with Crippen molar-refractivity contribution in [1.82, 2.24) is 15.3 Å². The van der Waals surface area contributed by atoms with E-state index in [1.165, 1.54) is 31.2 Å². The Kier molecular flexibility index (Phi) is 3.99. The lowest BCUT2D eigenvalue weighted by molar-refractivity contribution is 0.512. The van der Waals surface area contributed by atoms with Crippen LogP contribution in [0.25, 0.3) is 11.3 Å². The van der Waals surface area contributed by atoms with Gasteiger partial charge in [-0.2, -0.15) is 0 Å². The van der Waals surface area contributed by atoms with Crippen LogP contribution in [-0.4, -0.2) is 16.5 Å². The molecule has 1 saturated heterocycles. The molecule has 1 aromatic carbocycles. The van der Waals surface area contributed by atoms with Crippen molar-refractivity contribution in [2.45, 2.75) is 31.7 Å². The Morgan fingerprint density at radius 3 is 2.79 bits per heavy atom. The number of aromatic amines is 1. The Morgan fingerprint density at radius 2 is 1.95 bits per heavy atom. The molecule has 1 aliphatic heterocycles. The van der Waals surface area contributed by atoms with Crippen molar-refractivity contribution >= 4 is 15.9 Å². The summed E-state index contributed by atoms with van der Waals surface area (Å²) in [4.78, 5) is 8.01. The van der Waals surface area contributed by atoms with Crippen molar-refractivity contribution in [1.29, 1.82) is 0 Å². The number of halogens is 1. The van der Waals surface area contributed by atoms with Gasteiger partial charge in [-0.1, -0.05) is 40.9 Å². The highest BCUT2D eigenvalue weighted by Crippen LogP contribution is 2.24. The van der Waals surface area contributed by atoms with Gasteiger partial charge < -0.3 is 10.3 Å². The zero-order chi connectivity index (χ0) is 13.1. The highest BCUT2D eigenvalue weighted by molar-refractivity contribution is 9.10. The van der Waals surface area contributed by atoms with Gasteiger partial charge in [-0.3, -0.25) is 0 Å². The van der Waals surface area contributed by atoms with Gasteiger partial charge >= 0.3 is 0 Å². The fraction of sp³-hybridized carbons (Fsp3) is 0.400. The third-order valence-electron chi connectivity index (χ3n) is 3.64. The molecule has 1 fully saturated rings. The second-order valence-electron chi connectivity index (χ2n) is 5.05. The molecule has 0 aliphatic carbocycles. The van der Waals surface area contributed by atoms with Crippen LogP contribution >= 0.6 is 15.9 Å². The molecule has 2 N–H and O–H groups in total. The molecule has 0 radical (unpaired) electrons. The van der Waals surface area contributed by atoms with Gasteiger partial charge in [0.05, 0.1) is 17.9 Å². The van der Waals surface area contributed by atoms with Crippen LogP contribution in [0.15, 0.2) is 34.9 Å². The second-order valence-corrected chi connectivity index (χ2v) is 5.96. The van der Waals surface area contributed by atoms with Crippen LogP contribution in [0.2, 0.25) is 0 Å². The SMILES string of the molecule is Brc1ccc(-c2cnc([C@@H]3CCCCCN3)[nH]2)cc1. The molecular formula is C15H18BrN3. The molecule has 0 unspecified atom stereocenters. The summed E-state index contributed by atoms with van der Waals surface area (Å²) in [6, 6.07) is 8.69. The van der Waals surface area contributed by atoms with Crippen LogP contribution in [-0.2, 0) is 0 Å². The van der Waals surface area contributed by atoms with Gasteiger partial charge in [0.1, 0.15) is 5.82 Å². The van der Waals surface area contributed by atoms with Gasteiger partial charge in [0, 0.05) is 4.47 Å². The number of hydrogen-bond donors (Lipinski definition) is 2. The molecule has 2 heterocycles. The first-order chi connectivity index (χ1) is 9.33. The van der Waals surface area contributed by atoms with E-state index < -0.39 is 0 Å². The molecular weight excluding hydrogens is 302 g/mol. The number of aromatic nitrogens is 2. The molecule has 0 saturated carbocycles. The van der Waals surface area contributed by atoms with Gasteiger partial charge in [-0.05, 0) is 37.1 Å². The summed E-state index contributed by atoms with van der Waals surface area (Å²) in [7, 11) is 0. The van der Waals surface area contributed by atoms with Crippen molar-refractivity contribution in [3.05, 3.63) is 40.8 Å². The van der Waals surface area contributed by atoms with Crippen LogP contribution in [0.1, 0.15) is 37.5 Å². The first kappa shape index (κ1) is 12.9. The molecule has 1 aliphatic rings. The number of hydrogen-bond acceptors (Lipinski definition) is 2. The third kappa shape index (κ3) is 3.07. The quantitative estimate of drug-likeness (QED) is 0.876. The standard InChI is InChI=1S/C15H18BrN3/c16-12-7-5-11(6-8-12)14-10-18-15(19-14)13-4-2-1-3-9-17-13/h5-8,10,13,17H,1-4,9H2,(H,18,19)/t13-/m0/s1. The van der Waals surface area contributed by atoms with Gasteiger partial charge in [0.25, 0.3) is 0 Å². The molecule has 0 amide bonds. The van der Waals surface area contributed by atoms with Crippen molar-refractivity contribution in [2.75, 3.05) is 6.54 Å². The van der Waals surface area contributed by atoms with Crippen LogP contribution in [0.5, 0.6) is 0 Å². The second kappa shape index (κ2) is 5.88. The van der Waals surface area contributed by atoms with E-state index in [-0.39, 0.29) is 0 Å². The fourth-order valence-electron chi connectivity index (χ4n) is 2.55. The molecule has 100 valence electrons. The first-order valence-corrected chi connectivity index (χ1v) is 7.66. The molecule has 1 aromatic heterocycles. The van der Waals surface area contributed by atoms with Gasteiger partial charge in [-0.15, -0.1) is 0 Å². The smallest absolute Gasteiger partial charge is 0.123 e. The van der Waals surface area contributed by atoms with E-state index in [0.717, 1.165) is 22.5 Å². The number of rotatable bonds is 2. The Balaban J connectivity index is 1.80. The predicted molar refractivity (Wildman–Crippen MR) is 80.9 cm³/mol. The summed E-state index contributed by atoms with van der Waals surface area (Å²) >= 11 is 3.46. The van der Waals surface area contributed by atoms with E-state index in [4.69, 9.17) is 0 Å². The highest BCUT2D eigenvalue weighted by Gasteiger charge is 2.16. The van der Waals surface area contributed by atoms with E-state index in [9.17, 15) is 0 Å². The normalized spacial score (nSPS) is 20.2. The average Bonchev–Trinajstić information content (AvgIpc) is 2.76. The van der Waals surface area contributed by atoms with Gasteiger partial charge in [0.15, 0.2) is 0 Å². The van der Waals surface area contributed by atoms with Crippen molar-refractivity contribution in [2.24, 2.45) is 0 Å². The number of nitrogens with one attached hydrogen (secondary N) is 2. The lowest BCUT2D eigenvalue weighted by Crippen LogP contribution is -2.21. The molecule has 0 bridgehead atoms. The van der Waals surface area contributed by atoms with Crippen molar-refractivity contribution < 1.29 is 0 Å². The summed E-state index contributed by atoms with van der Waals surface area (Å²) in [5.41, 5.74) is 2.27. The average molecular weight is 320 g/mol. The number of benzene rings is 1. The summed E-state index contributed by atoms with van der Waals surface area (Å²) in [6.45, 7) is 1.10. The Bertz CT molecular complexity index is 525. The maximum Gasteiger partial charge on any atom is 0.123 e. The number of nitrogens with zero attached hydrogens (tertiary/aromatic N) is 1. The van der Waals surface area contributed by atoms with Crippen molar-refractivity contribution in [3.8, 4) is 11.3 Å². The van der Waals surface area contributed by atoms with E-state index in [1.807, 2.05) is 6.20 Å². The topological polar surface area (TPSA) is 40.7 Å². The molecule has 19 heavy (non-hydrogen) atoms. The van der Waals surface area contributed by atoms with Gasteiger partial charge in [-0.25, -0.2) is 4.98 Å². The van der Waals surface area contributed by atoms with Crippen LogP contribution in [0.3, 0.4) is 0 Å². The van der Waals surface area contributed by atoms with E-state index in [1.54, 1.807) is 0 Å². The van der Waals surface area contributed by atoms with Crippen molar-refractivity contribution in [3.63, 3.8) is 0 Å². The maximum absolute atomic E-state index is 4.55. The predicted octanol–water partition coefficient (Wildman–Crippen LogP) is 4.04. The molecule has 3 rings (SSSR count). The van der Waals surface area contributed by atoms with E-state index >= 15 is 0 Å². The first-order valence-electron chi connectivity index (χ1n) is 6.87. The van der Waals surface area contributed by atoms with Gasteiger partial charge in [0.2, 0.25) is 0 Å². The zero-order valence-corrected chi connectivity index (χ0v) is 12.4. The monoisotopic (exact) mass is 319 g/mol. The summed E-state index contributed by atoms with van der Waals surface area (Å²) in [6.07, 6.45) is 6.99. The zero-order valence-electron chi connectivity index (χ0n) is 10.8. The van der Waals surface area contributed by atoms with E-state index in [0.29, 0.717) is 6.04 Å². The Labute approximate surface area is 122 Å². The van der Waals surface area contributed by atoms with E-state index in [2.05, 4.69) is 55.5 Å². The number of imidazole rings is 1. The highest BCUT2D eigenvalue weighted by atomic mass is 79.9. The lowest BCUT2D eigenvalue weighted by Gasteiger charge is -2.12. The molecule has 2 aromatic rings. The summed E-state index contributed by atoms with van der Waals surface area (Å²) in [5, 5.41) is 3.57. The largest absolute Gasteiger partial charge is 0.341 e. The maximum atomic E-state index is 4.55. The fourth-order valence-corrected chi connectivity index (χ4v) is 2.82. The summed E-state index contributed by atoms with van der Waals surface area (Å²) in [5.74, 6) is 1.07. The Hall–Kier alpha value is -1.13. The minimum Gasteiger partial charge on any atom is -0.341 e. The minimum atomic E-state index is 0.381. The molecule has 1 atom stereocenters. The summed E-state index contributed by atoms with van der Waals surface area (Å²) < 4.78 is 1.10. The third-order valence-corrected chi connectivity index (χ3v) is 4.17. The molecule has 4 heteroatoms. The van der Waals surface area contributed by atoms with Crippen LogP contribution in [0, 0.1) is 0 Å².